The second-order valence-electron chi connectivity index (χ2n) is 5.11. The summed E-state index contributed by atoms with van der Waals surface area (Å²) in [6, 6.07) is 4.76. The molecule has 0 radical (unpaired) electrons. The first-order valence-electron chi connectivity index (χ1n) is 6.52. The normalized spacial score (nSPS) is 22.5. The molecule has 2 rings (SSSR count). The summed E-state index contributed by atoms with van der Waals surface area (Å²) in [6.45, 7) is 0.344. The van der Waals surface area contributed by atoms with Crippen molar-refractivity contribution in [2.45, 2.75) is 38.3 Å². The van der Waals surface area contributed by atoms with Crippen LogP contribution in [0, 0.1) is 11.7 Å². The minimum absolute atomic E-state index is 0.0114. The number of benzene rings is 1. The topological polar surface area (TPSA) is 55.1 Å². The molecule has 0 saturated heterocycles. The van der Waals surface area contributed by atoms with Crippen LogP contribution in [0.25, 0.3) is 0 Å². The van der Waals surface area contributed by atoms with Gasteiger partial charge in [-0.1, -0.05) is 22.4 Å². The Morgan fingerprint density at radius 2 is 2.21 bits per heavy atom. The molecule has 0 unspecified atom stereocenters. The highest BCUT2D eigenvalue weighted by molar-refractivity contribution is 9.10. The van der Waals surface area contributed by atoms with Gasteiger partial charge in [-0.2, -0.15) is 0 Å². The molecule has 1 aromatic carbocycles. The average molecular weight is 329 g/mol. The smallest absolute Gasteiger partial charge is 0.220 e. The van der Waals surface area contributed by atoms with Crippen LogP contribution in [0.15, 0.2) is 22.7 Å². The van der Waals surface area contributed by atoms with Crippen molar-refractivity contribution in [3.8, 4) is 0 Å². The van der Waals surface area contributed by atoms with Crippen LogP contribution in [0.1, 0.15) is 31.2 Å². The molecule has 19 heavy (non-hydrogen) atoms. The van der Waals surface area contributed by atoms with E-state index >= 15 is 0 Å². The zero-order chi connectivity index (χ0) is 13.8. The molecular formula is C14H18BrFN2O. The Labute approximate surface area is 120 Å². The fourth-order valence-corrected chi connectivity index (χ4v) is 3.06. The Bertz CT molecular complexity index is 447. The molecule has 0 bridgehead atoms. The molecular weight excluding hydrogens is 311 g/mol. The number of hydrogen-bond donors (Lipinski definition) is 2. The summed E-state index contributed by atoms with van der Waals surface area (Å²) in [5.41, 5.74) is 6.68. The lowest BCUT2D eigenvalue weighted by Crippen LogP contribution is -2.31. The summed E-state index contributed by atoms with van der Waals surface area (Å²) in [5, 5.41) is 2.82. The van der Waals surface area contributed by atoms with Crippen LogP contribution >= 0.6 is 15.9 Å². The van der Waals surface area contributed by atoms with Gasteiger partial charge in [-0.25, -0.2) is 4.39 Å². The van der Waals surface area contributed by atoms with Crippen molar-refractivity contribution < 1.29 is 9.18 Å². The van der Waals surface area contributed by atoms with E-state index in [2.05, 4.69) is 21.2 Å². The van der Waals surface area contributed by atoms with Gasteiger partial charge < -0.3 is 11.1 Å². The fraction of sp³-hybridized carbons (Fsp3) is 0.500. The molecule has 0 heterocycles. The first-order valence-corrected chi connectivity index (χ1v) is 7.31. The quantitative estimate of drug-likeness (QED) is 0.892. The van der Waals surface area contributed by atoms with Crippen LogP contribution in [-0.2, 0) is 11.3 Å². The molecule has 2 atom stereocenters. The maximum absolute atomic E-state index is 13.2. The van der Waals surface area contributed by atoms with E-state index in [0.29, 0.717) is 23.4 Å². The molecule has 0 aliphatic heterocycles. The van der Waals surface area contributed by atoms with Crippen LogP contribution in [0.4, 0.5) is 4.39 Å². The average Bonchev–Trinajstić information content (AvgIpc) is 2.71. The summed E-state index contributed by atoms with van der Waals surface area (Å²) >= 11 is 3.23. The van der Waals surface area contributed by atoms with E-state index in [4.69, 9.17) is 5.73 Å². The molecule has 1 saturated carbocycles. The zero-order valence-electron chi connectivity index (χ0n) is 10.7. The third-order valence-corrected chi connectivity index (χ3v) is 4.04. The van der Waals surface area contributed by atoms with Gasteiger partial charge in [0, 0.05) is 23.5 Å². The lowest BCUT2D eigenvalue weighted by molar-refractivity contribution is -0.122. The van der Waals surface area contributed by atoms with Crippen molar-refractivity contribution in [3.63, 3.8) is 0 Å². The Morgan fingerprint density at radius 1 is 1.42 bits per heavy atom. The van der Waals surface area contributed by atoms with E-state index in [0.717, 1.165) is 24.8 Å². The van der Waals surface area contributed by atoms with Gasteiger partial charge in [-0.05, 0) is 42.5 Å². The lowest BCUT2D eigenvalue weighted by Gasteiger charge is -2.14. The summed E-state index contributed by atoms with van der Waals surface area (Å²) in [5.74, 6) is -0.0292. The summed E-state index contributed by atoms with van der Waals surface area (Å²) in [4.78, 5) is 11.8. The third-order valence-electron chi connectivity index (χ3n) is 3.58. The van der Waals surface area contributed by atoms with Gasteiger partial charge in [0.1, 0.15) is 5.82 Å². The van der Waals surface area contributed by atoms with Crippen molar-refractivity contribution in [3.05, 3.63) is 34.1 Å². The van der Waals surface area contributed by atoms with Crippen molar-refractivity contribution in [2.24, 2.45) is 11.7 Å². The molecule has 1 aliphatic rings. The van der Waals surface area contributed by atoms with E-state index in [1.54, 1.807) is 6.07 Å². The number of carbonyl (C=O) groups excluding carboxylic acids is 1. The minimum atomic E-state index is -0.309. The second kappa shape index (κ2) is 6.48. The molecule has 1 aromatic rings. The van der Waals surface area contributed by atoms with Gasteiger partial charge in [0.05, 0.1) is 0 Å². The molecule has 3 N–H and O–H groups in total. The Kier molecular flexibility index (Phi) is 4.93. The second-order valence-corrected chi connectivity index (χ2v) is 6.03. The number of amides is 1. The van der Waals surface area contributed by atoms with Crippen LogP contribution in [-0.4, -0.2) is 11.9 Å². The summed E-state index contributed by atoms with van der Waals surface area (Å²) in [6.07, 6.45) is 3.61. The highest BCUT2D eigenvalue weighted by Gasteiger charge is 2.25. The van der Waals surface area contributed by atoms with Crippen molar-refractivity contribution in [1.29, 1.82) is 0 Å². The van der Waals surface area contributed by atoms with E-state index in [1.165, 1.54) is 12.1 Å². The highest BCUT2D eigenvalue weighted by atomic mass is 79.9. The van der Waals surface area contributed by atoms with Crippen molar-refractivity contribution >= 4 is 21.8 Å². The molecule has 0 spiro atoms. The number of nitrogens with one attached hydrogen (secondary N) is 1. The van der Waals surface area contributed by atoms with Gasteiger partial charge in [0.15, 0.2) is 0 Å². The van der Waals surface area contributed by atoms with E-state index in [9.17, 15) is 9.18 Å². The van der Waals surface area contributed by atoms with E-state index < -0.39 is 0 Å². The number of carbonyl (C=O) groups is 1. The maximum Gasteiger partial charge on any atom is 0.220 e. The Balaban J connectivity index is 1.83. The van der Waals surface area contributed by atoms with Crippen LogP contribution in [0.3, 0.4) is 0 Å². The van der Waals surface area contributed by atoms with Gasteiger partial charge in [-0.3, -0.25) is 4.79 Å². The molecule has 1 aliphatic carbocycles. The predicted molar refractivity (Wildman–Crippen MR) is 75.9 cm³/mol. The molecule has 1 fully saturated rings. The SMILES string of the molecule is N[C@@H]1CCC[C@H]1CC(=O)NCc1cc(F)cc(Br)c1. The number of nitrogens with two attached hydrogens (primary N) is 1. The first kappa shape index (κ1) is 14.5. The molecule has 5 heteroatoms. The lowest BCUT2D eigenvalue weighted by atomic mass is 10.00. The number of halogens is 2. The molecule has 0 aromatic heterocycles. The predicted octanol–water partition coefficient (Wildman–Crippen LogP) is 2.72. The highest BCUT2D eigenvalue weighted by Crippen LogP contribution is 2.26. The molecule has 1 amide bonds. The fourth-order valence-electron chi connectivity index (χ4n) is 2.54. The molecule has 104 valence electrons. The van der Waals surface area contributed by atoms with Gasteiger partial charge in [0.25, 0.3) is 0 Å². The Morgan fingerprint density at radius 3 is 2.84 bits per heavy atom. The summed E-state index contributed by atoms with van der Waals surface area (Å²) in [7, 11) is 0. The minimum Gasteiger partial charge on any atom is -0.352 e. The first-order chi connectivity index (χ1) is 9.04. The number of hydrogen-bond acceptors (Lipinski definition) is 2. The van der Waals surface area contributed by atoms with Crippen LogP contribution < -0.4 is 11.1 Å². The standard InChI is InChI=1S/C14H18BrFN2O/c15-11-4-9(5-12(16)7-11)8-18-14(19)6-10-2-1-3-13(10)17/h4-5,7,10,13H,1-3,6,8,17H2,(H,18,19)/t10-,13+/m0/s1. The maximum atomic E-state index is 13.2. The largest absolute Gasteiger partial charge is 0.352 e. The van der Waals surface area contributed by atoms with Gasteiger partial charge in [-0.15, -0.1) is 0 Å². The van der Waals surface area contributed by atoms with Gasteiger partial charge >= 0.3 is 0 Å². The van der Waals surface area contributed by atoms with E-state index in [1.807, 2.05) is 0 Å². The van der Waals surface area contributed by atoms with Crippen LogP contribution in [0.2, 0.25) is 0 Å². The van der Waals surface area contributed by atoms with Gasteiger partial charge in [0.2, 0.25) is 5.91 Å². The third kappa shape index (κ3) is 4.28. The van der Waals surface area contributed by atoms with Crippen LogP contribution in [0.5, 0.6) is 0 Å². The number of rotatable bonds is 4. The monoisotopic (exact) mass is 328 g/mol. The Hall–Kier alpha value is -0.940. The van der Waals surface area contributed by atoms with Crippen molar-refractivity contribution in [2.75, 3.05) is 0 Å². The van der Waals surface area contributed by atoms with Crippen molar-refractivity contribution in [1.82, 2.24) is 5.32 Å². The molecule has 3 nitrogen and oxygen atoms in total. The van der Waals surface area contributed by atoms with E-state index in [-0.39, 0.29) is 17.8 Å². The summed E-state index contributed by atoms with van der Waals surface area (Å²) < 4.78 is 13.8. The zero-order valence-corrected chi connectivity index (χ0v) is 12.2.